The van der Waals surface area contributed by atoms with Crippen molar-refractivity contribution in [3.8, 4) is 17.2 Å². The molecule has 2 aromatic rings. The quantitative estimate of drug-likeness (QED) is 0.546. The number of aryl methyl sites for hydroxylation is 1. The number of ether oxygens (including phenoxy) is 3. The Morgan fingerprint density at radius 1 is 1.11 bits per heavy atom. The van der Waals surface area contributed by atoms with Crippen LogP contribution in [-0.4, -0.2) is 32.8 Å². The number of halogens is 1. The molecule has 146 valence electrons. The maximum atomic E-state index is 12.4. The molecule has 0 spiro atoms. The van der Waals surface area contributed by atoms with E-state index in [1.165, 1.54) is 5.56 Å². The fraction of sp³-hybridized carbons (Fsp3) is 0.381. The molecule has 2 rings (SSSR count). The van der Waals surface area contributed by atoms with E-state index in [1.54, 1.807) is 19.2 Å². The molecular formula is C21H26BrNO4. The van der Waals surface area contributed by atoms with Gasteiger partial charge in [-0.25, -0.2) is 0 Å². The third-order valence-corrected chi connectivity index (χ3v) is 4.52. The molecule has 0 bridgehead atoms. The molecule has 0 unspecified atom stereocenters. The van der Waals surface area contributed by atoms with E-state index in [9.17, 15) is 4.79 Å². The van der Waals surface area contributed by atoms with Gasteiger partial charge in [0.15, 0.2) is 11.5 Å². The van der Waals surface area contributed by atoms with Gasteiger partial charge < -0.3 is 19.5 Å². The van der Waals surface area contributed by atoms with Crippen molar-refractivity contribution in [2.75, 3.05) is 26.9 Å². The van der Waals surface area contributed by atoms with Gasteiger partial charge in [-0.15, -0.1) is 0 Å². The first kappa shape index (κ1) is 21.1. The summed E-state index contributed by atoms with van der Waals surface area (Å²) < 4.78 is 17.2. The summed E-state index contributed by atoms with van der Waals surface area (Å²) in [5.74, 6) is 1.86. The second-order valence-electron chi connectivity index (χ2n) is 6.05. The molecule has 0 saturated heterocycles. The van der Waals surface area contributed by atoms with Crippen molar-refractivity contribution in [1.82, 2.24) is 5.32 Å². The van der Waals surface area contributed by atoms with Gasteiger partial charge in [-0.05, 0) is 66.9 Å². The van der Waals surface area contributed by atoms with Crippen LogP contribution in [0.15, 0.2) is 40.9 Å². The third-order valence-electron chi connectivity index (χ3n) is 3.93. The third kappa shape index (κ3) is 6.47. The summed E-state index contributed by atoms with van der Waals surface area (Å²) in [6.45, 7) is 5.68. The van der Waals surface area contributed by atoms with Crippen LogP contribution in [0.4, 0.5) is 0 Å². The van der Waals surface area contributed by atoms with E-state index >= 15 is 0 Å². The SMILES string of the molecule is CCOc1c(Br)cc(C(=O)NCCCCOc2ccc(C)cc2)cc1OC. The number of hydrogen-bond donors (Lipinski definition) is 1. The molecule has 0 aliphatic carbocycles. The van der Waals surface area contributed by atoms with Gasteiger partial charge in [0.25, 0.3) is 5.91 Å². The second kappa shape index (κ2) is 10.8. The van der Waals surface area contributed by atoms with E-state index in [0.29, 0.717) is 41.3 Å². The van der Waals surface area contributed by atoms with Gasteiger partial charge in [0.1, 0.15) is 5.75 Å². The summed E-state index contributed by atoms with van der Waals surface area (Å²) in [7, 11) is 1.56. The topological polar surface area (TPSA) is 56.8 Å². The first-order valence-corrected chi connectivity index (χ1v) is 9.82. The minimum atomic E-state index is -0.142. The van der Waals surface area contributed by atoms with Crippen LogP contribution in [-0.2, 0) is 0 Å². The number of unbranched alkanes of at least 4 members (excludes halogenated alkanes) is 1. The maximum Gasteiger partial charge on any atom is 0.251 e. The number of carbonyl (C=O) groups is 1. The highest BCUT2D eigenvalue weighted by atomic mass is 79.9. The first-order chi connectivity index (χ1) is 13.0. The predicted octanol–water partition coefficient (Wildman–Crippen LogP) is 4.75. The zero-order chi connectivity index (χ0) is 19.6. The zero-order valence-electron chi connectivity index (χ0n) is 16.0. The maximum absolute atomic E-state index is 12.4. The number of hydrogen-bond acceptors (Lipinski definition) is 4. The normalized spacial score (nSPS) is 10.4. The molecule has 5 nitrogen and oxygen atoms in total. The Balaban J connectivity index is 1.76. The summed E-state index contributed by atoms with van der Waals surface area (Å²) in [5.41, 5.74) is 1.74. The number of nitrogens with one attached hydrogen (secondary N) is 1. The van der Waals surface area contributed by atoms with Crippen molar-refractivity contribution in [3.05, 3.63) is 52.0 Å². The van der Waals surface area contributed by atoms with E-state index in [-0.39, 0.29) is 5.91 Å². The van der Waals surface area contributed by atoms with Crippen LogP contribution < -0.4 is 19.5 Å². The van der Waals surface area contributed by atoms with Crippen molar-refractivity contribution in [2.24, 2.45) is 0 Å². The zero-order valence-corrected chi connectivity index (χ0v) is 17.6. The van der Waals surface area contributed by atoms with Crippen LogP contribution in [0.1, 0.15) is 35.7 Å². The fourth-order valence-corrected chi connectivity index (χ4v) is 3.05. The van der Waals surface area contributed by atoms with Crippen LogP contribution in [0.3, 0.4) is 0 Å². The van der Waals surface area contributed by atoms with E-state index in [4.69, 9.17) is 14.2 Å². The van der Waals surface area contributed by atoms with Crippen LogP contribution in [0.5, 0.6) is 17.2 Å². The molecule has 6 heteroatoms. The van der Waals surface area contributed by atoms with Gasteiger partial charge in [-0.3, -0.25) is 4.79 Å². The minimum Gasteiger partial charge on any atom is -0.494 e. The van der Waals surface area contributed by atoms with Crippen molar-refractivity contribution < 1.29 is 19.0 Å². The Bertz CT molecular complexity index is 747. The Kier molecular flexibility index (Phi) is 8.45. The molecule has 0 aliphatic rings. The van der Waals surface area contributed by atoms with Crippen LogP contribution >= 0.6 is 15.9 Å². The molecule has 0 saturated carbocycles. The Hall–Kier alpha value is -2.21. The molecule has 0 aliphatic heterocycles. The predicted molar refractivity (Wildman–Crippen MR) is 110 cm³/mol. The number of benzene rings is 2. The lowest BCUT2D eigenvalue weighted by atomic mass is 10.2. The molecule has 0 radical (unpaired) electrons. The average Bonchev–Trinajstić information content (AvgIpc) is 2.67. The number of carbonyl (C=O) groups excluding carboxylic acids is 1. The van der Waals surface area contributed by atoms with Crippen LogP contribution in [0.25, 0.3) is 0 Å². The molecule has 1 amide bonds. The first-order valence-electron chi connectivity index (χ1n) is 9.03. The highest BCUT2D eigenvalue weighted by Gasteiger charge is 2.15. The summed E-state index contributed by atoms with van der Waals surface area (Å²) in [6.07, 6.45) is 1.71. The lowest BCUT2D eigenvalue weighted by Crippen LogP contribution is -2.24. The van der Waals surface area contributed by atoms with Gasteiger partial charge in [0.2, 0.25) is 0 Å². The Morgan fingerprint density at radius 3 is 2.52 bits per heavy atom. The molecule has 2 aromatic carbocycles. The lowest BCUT2D eigenvalue weighted by molar-refractivity contribution is 0.0952. The van der Waals surface area contributed by atoms with Gasteiger partial charge in [-0.2, -0.15) is 0 Å². The van der Waals surface area contributed by atoms with Gasteiger partial charge in [0.05, 0.1) is 24.8 Å². The molecular weight excluding hydrogens is 410 g/mol. The minimum absolute atomic E-state index is 0.142. The molecule has 1 N–H and O–H groups in total. The second-order valence-corrected chi connectivity index (χ2v) is 6.90. The number of rotatable bonds is 10. The molecule has 27 heavy (non-hydrogen) atoms. The van der Waals surface area contributed by atoms with Gasteiger partial charge >= 0.3 is 0 Å². The standard InChI is InChI=1S/C21H26BrNO4/c1-4-26-20-18(22)13-16(14-19(20)25-3)21(24)23-11-5-6-12-27-17-9-7-15(2)8-10-17/h7-10,13-14H,4-6,11-12H2,1-3H3,(H,23,24). The number of amides is 1. The van der Waals surface area contributed by atoms with E-state index in [1.807, 2.05) is 38.1 Å². The summed E-state index contributed by atoms with van der Waals surface area (Å²) >= 11 is 3.44. The van der Waals surface area contributed by atoms with E-state index in [0.717, 1.165) is 18.6 Å². The van der Waals surface area contributed by atoms with Gasteiger partial charge in [0, 0.05) is 12.1 Å². The molecule has 0 fully saturated rings. The highest BCUT2D eigenvalue weighted by Crippen LogP contribution is 2.36. The monoisotopic (exact) mass is 435 g/mol. The van der Waals surface area contributed by atoms with Crippen LogP contribution in [0.2, 0.25) is 0 Å². The summed E-state index contributed by atoms with van der Waals surface area (Å²) in [4.78, 5) is 12.4. The molecule has 0 heterocycles. The number of methoxy groups -OCH3 is 1. The smallest absolute Gasteiger partial charge is 0.251 e. The Labute approximate surface area is 169 Å². The lowest BCUT2D eigenvalue weighted by Gasteiger charge is -2.13. The summed E-state index contributed by atoms with van der Waals surface area (Å²) in [6, 6.07) is 11.4. The van der Waals surface area contributed by atoms with Crippen molar-refractivity contribution in [2.45, 2.75) is 26.7 Å². The summed E-state index contributed by atoms with van der Waals surface area (Å²) in [5, 5.41) is 2.92. The highest BCUT2D eigenvalue weighted by molar-refractivity contribution is 9.10. The van der Waals surface area contributed by atoms with E-state index in [2.05, 4.69) is 21.2 Å². The fourth-order valence-electron chi connectivity index (χ4n) is 2.49. The van der Waals surface area contributed by atoms with Gasteiger partial charge in [-0.1, -0.05) is 17.7 Å². The largest absolute Gasteiger partial charge is 0.494 e. The van der Waals surface area contributed by atoms with Crippen molar-refractivity contribution in [1.29, 1.82) is 0 Å². The molecule has 0 atom stereocenters. The van der Waals surface area contributed by atoms with Crippen LogP contribution in [0, 0.1) is 6.92 Å². The van der Waals surface area contributed by atoms with Crippen molar-refractivity contribution >= 4 is 21.8 Å². The van der Waals surface area contributed by atoms with E-state index < -0.39 is 0 Å². The Morgan fingerprint density at radius 2 is 1.85 bits per heavy atom. The van der Waals surface area contributed by atoms with Crippen molar-refractivity contribution in [3.63, 3.8) is 0 Å². The molecule has 0 aromatic heterocycles. The average molecular weight is 436 g/mol.